The molecule has 385 valence electrons. The summed E-state index contributed by atoms with van der Waals surface area (Å²) >= 11 is 0. The van der Waals surface area contributed by atoms with Crippen LogP contribution in [0.15, 0.2) is 72.9 Å². The van der Waals surface area contributed by atoms with Crippen LogP contribution in [-0.2, 0) is 73.1 Å². The fourth-order valence-corrected chi connectivity index (χ4v) is 8.64. The molecule has 1 heterocycles. The summed E-state index contributed by atoms with van der Waals surface area (Å²) in [6, 6.07) is 21.7. The van der Waals surface area contributed by atoms with Gasteiger partial charge >= 0.3 is 17.9 Å². The van der Waals surface area contributed by atoms with Crippen LogP contribution in [0.3, 0.4) is 0 Å². The number of aromatic nitrogens is 1. The summed E-state index contributed by atoms with van der Waals surface area (Å²) in [6.07, 6.45) is 2.32. The summed E-state index contributed by atoms with van der Waals surface area (Å²) in [6.45, 7) is 23.1. The van der Waals surface area contributed by atoms with Crippen molar-refractivity contribution in [2.45, 2.75) is 137 Å². The van der Waals surface area contributed by atoms with Crippen molar-refractivity contribution in [3.05, 3.63) is 145 Å². The van der Waals surface area contributed by atoms with E-state index < -0.39 is 59.4 Å². The summed E-state index contributed by atoms with van der Waals surface area (Å²) in [5, 5.41) is 33.2. The van der Waals surface area contributed by atoms with Gasteiger partial charge in [0.25, 0.3) is 5.91 Å². The Morgan fingerprint density at radius 1 is 0.458 bits per heavy atom. The van der Waals surface area contributed by atoms with Crippen LogP contribution in [0.25, 0.3) is 0 Å². The van der Waals surface area contributed by atoms with Gasteiger partial charge in [-0.3, -0.25) is 9.78 Å². The molecule has 1 radical (unpaired) electrons. The van der Waals surface area contributed by atoms with E-state index in [1.165, 1.54) is 0 Å². The van der Waals surface area contributed by atoms with E-state index in [2.05, 4.69) is 106 Å². The number of benzene rings is 4. The molecule has 0 saturated heterocycles. The second kappa shape index (κ2) is 23.3. The molecule has 1 aromatic heterocycles. The van der Waals surface area contributed by atoms with Crippen LogP contribution in [-0.4, -0.2) is 70.5 Å². The van der Waals surface area contributed by atoms with Crippen LogP contribution < -0.4 is 24.3 Å². The third-order valence-electron chi connectivity index (χ3n) is 12.5. The monoisotopic (exact) mass is 1120 g/mol. The van der Waals surface area contributed by atoms with Crippen LogP contribution in [0.4, 0.5) is 0 Å². The number of aliphatic carboxylic acids is 3. The third-order valence-corrected chi connectivity index (χ3v) is 12.5. The Kier molecular flexibility index (Phi) is 18.6. The normalized spacial score (nSPS) is 12.8. The van der Waals surface area contributed by atoms with Gasteiger partial charge in [-0.25, -0.2) is 14.4 Å². The van der Waals surface area contributed by atoms with Gasteiger partial charge in [0.15, 0.2) is 26.4 Å². The van der Waals surface area contributed by atoms with Crippen LogP contribution >= 0.6 is 0 Å². The second-order valence-electron chi connectivity index (χ2n) is 22.6. The summed E-state index contributed by atoms with van der Waals surface area (Å²) in [5.41, 5.74) is 8.21. The third kappa shape index (κ3) is 15.1. The van der Waals surface area contributed by atoms with Crippen LogP contribution in [0, 0.1) is 49.4 Å². The van der Waals surface area contributed by atoms with E-state index in [1.54, 1.807) is 12.3 Å². The van der Waals surface area contributed by atoms with Gasteiger partial charge in [-0.15, -0.1) is 0 Å². The number of carboxylic acids is 3. The number of hydrogen-bond donors (Lipinski definition) is 4. The van der Waals surface area contributed by atoms with E-state index >= 15 is 0 Å². The molecule has 0 atom stereocenters. The smallest absolute Gasteiger partial charge is 0.341 e. The Morgan fingerprint density at radius 3 is 0.944 bits per heavy atom. The fourth-order valence-electron chi connectivity index (χ4n) is 8.64. The zero-order chi connectivity index (χ0) is 52.2. The molecule has 4 N–H and O–H groups in total. The van der Waals surface area contributed by atoms with Gasteiger partial charge in [-0.2, -0.15) is 0 Å². The van der Waals surface area contributed by atoms with E-state index in [4.69, 9.17) is 18.9 Å². The molecule has 5 aromatic rings. The molecule has 0 unspecified atom stereocenters. The SMILES string of the molecule is CC(C)(C)c1cc2c(OCC(=O)O)c(c1)Cc1cc(C(C)(C)C)cc(c1OCC(=O)O)Cc1cc(C(C)(C)C)cc(c1OCC(=O)NCc1ccccn1)Cc1cc(C(C)(C)C)cc(c1OCC(=O)O)C2.[Eu]. The Hall–Kier alpha value is -5.31. The molecule has 0 aliphatic heterocycles. The first-order valence-corrected chi connectivity index (χ1v) is 24.0. The van der Waals surface area contributed by atoms with Crippen molar-refractivity contribution in [3.63, 3.8) is 0 Å². The largest absolute Gasteiger partial charge is 0.483 e. The first-order chi connectivity index (χ1) is 33.1. The van der Waals surface area contributed by atoms with Crippen molar-refractivity contribution < 1.29 is 103 Å². The molecule has 72 heavy (non-hydrogen) atoms. The molecule has 8 bridgehead atoms. The average molecular weight is 1120 g/mol. The van der Waals surface area contributed by atoms with Gasteiger partial charge in [0.1, 0.15) is 23.0 Å². The number of nitrogens with one attached hydrogen (secondary N) is 1. The van der Waals surface area contributed by atoms with Crippen LogP contribution in [0.2, 0.25) is 0 Å². The van der Waals surface area contributed by atoms with E-state index in [0.29, 0.717) is 73.2 Å². The number of fused-ring (bicyclic) bond motifs is 8. The maximum Gasteiger partial charge on any atom is 0.341 e. The first-order valence-electron chi connectivity index (χ1n) is 24.0. The molecular formula is C58H70EuN2O11. The number of pyridine rings is 1. The van der Waals surface area contributed by atoms with E-state index in [9.17, 15) is 34.5 Å². The summed E-state index contributed by atoms with van der Waals surface area (Å²) < 4.78 is 25.8. The van der Waals surface area contributed by atoms with Crippen LogP contribution in [0.1, 0.15) is 156 Å². The minimum absolute atomic E-state index is 0. The van der Waals surface area contributed by atoms with E-state index in [0.717, 1.165) is 22.3 Å². The number of rotatable bonds is 14. The number of hydrogen-bond acceptors (Lipinski definition) is 9. The molecule has 4 aromatic carbocycles. The minimum Gasteiger partial charge on any atom is -0.483 e. The Bertz CT molecular complexity index is 2680. The van der Waals surface area contributed by atoms with Gasteiger partial charge in [-0.1, -0.05) is 138 Å². The van der Waals surface area contributed by atoms with Crippen molar-refractivity contribution in [2.75, 3.05) is 26.4 Å². The zero-order valence-electron chi connectivity index (χ0n) is 43.7. The van der Waals surface area contributed by atoms with Crippen molar-refractivity contribution in [3.8, 4) is 23.0 Å². The Labute approximate surface area is 465 Å². The number of carbonyl (C=O) groups excluding carboxylic acids is 1. The minimum atomic E-state index is -1.17. The maximum atomic E-state index is 13.7. The van der Waals surface area contributed by atoms with Gasteiger partial charge in [0.05, 0.1) is 12.2 Å². The molecule has 13 nitrogen and oxygen atoms in total. The quantitative estimate of drug-likeness (QED) is 0.0809. The molecule has 1 aliphatic rings. The molecule has 0 spiro atoms. The average Bonchev–Trinajstić information content (AvgIpc) is 3.25. The second-order valence-corrected chi connectivity index (χ2v) is 22.6. The van der Waals surface area contributed by atoms with Crippen molar-refractivity contribution in [1.82, 2.24) is 10.3 Å². The number of carboxylic acid groups (broad SMARTS) is 3. The maximum absolute atomic E-state index is 13.7. The topological polar surface area (TPSA) is 191 Å². The van der Waals surface area contributed by atoms with E-state index in [1.807, 2.05) is 48.5 Å². The van der Waals surface area contributed by atoms with Gasteiger partial charge in [0, 0.05) is 81.3 Å². The summed E-state index contributed by atoms with van der Waals surface area (Å²) in [4.78, 5) is 55.1. The first kappa shape index (κ1) is 57.6. The van der Waals surface area contributed by atoms with Crippen molar-refractivity contribution in [1.29, 1.82) is 0 Å². The standard InChI is InChI=1S/C58H70N2O11.Eu/c1-55(2,3)42-21-34-17-36-23-43(56(4,5)6)25-38(52(36)69-31-48(62)63)19-40-27-45(58(10,11)12)28-41(54(40)71-33-50(66)67)20-39-26-44(57(7,8)9)24-37(53(39)70-32-49(64)65)18-35(22-42)51(34)68-30-47(61)60-29-46-15-13-14-16-59-46;/h13-16,21-28H,17-20,29-33H2,1-12H3,(H,60,61)(H,62,63)(H,64,65)(H,66,67);. The number of carbonyl (C=O) groups is 4. The summed E-state index contributed by atoms with van der Waals surface area (Å²) in [7, 11) is 0. The van der Waals surface area contributed by atoms with Crippen molar-refractivity contribution in [2.24, 2.45) is 0 Å². The van der Waals surface area contributed by atoms with Crippen molar-refractivity contribution >= 4 is 23.8 Å². The van der Waals surface area contributed by atoms with Crippen LogP contribution in [0.5, 0.6) is 23.0 Å². The molecule has 14 heteroatoms. The molecule has 0 fully saturated rings. The molecule has 6 rings (SSSR count). The van der Waals surface area contributed by atoms with Gasteiger partial charge in [0.2, 0.25) is 0 Å². The molecule has 0 saturated carbocycles. The molecular weight excluding hydrogens is 1050 g/mol. The molecule has 1 aliphatic carbocycles. The number of amides is 1. The molecule has 1 amide bonds. The summed E-state index contributed by atoms with van der Waals surface area (Å²) in [5.74, 6) is -2.41. The number of nitrogens with zero attached hydrogens (tertiary/aromatic N) is 1. The predicted octanol–water partition coefficient (Wildman–Crippen LogP) is 10.0. The fraction of sp³-hybridized carbons (Fsp3) is 0.431. The Balaban J connectivity index is 0.00000963. The zero-order valence-corrected chi connectivity index (χ0v) is 46.2. The predicted molar refractivity (Wildman–Crippen MR) is 273 cm³/mol. The number of ether oxygens (including phenoxy) is 4. The Morgan fingerprint density at radius 2 is 0.722 bits per heavy atom. The van der Waals surface area contributed by atoms with Gasteiger partial charge < -0.3 is 39.6 Å². The van der Waals surface area contributed by atoms with Gasteiger partial charge in [-0.05, 0) is 101 Å². The van der Waals surface area contributed by atoms with E-state index in [-0.39, 0.29) is 94.1 Å².